The molecule has 0 amide bonds. The van der Waals surface area contributed by atoms with Gasteiger partial charge in [-0.25, -0.2) is 10.4 Å². The lowest BCUT2D eigenvalue weighted by Gasteiger charge is -2.31. The maximum Gasteiger partial charge on any atom is 0.0737 e. The molecule has 1 rings (SSSR count). The van der Waals surface area contributed by atoms with Gasteiger partial charge in [0.2, 0.25) is 0 Å². The fourth-order valence-electron chi connectivity index (χ4n) is 1.67. The Kier molecular flexibility index (Phi) is 2.29. The summed E-state index contributed by atoms with van der Waals surface area (Å²) in [7, 11) is 1.46. The summed E-state index contributed by atoms with van der Waals surface area (Å²) in [5, 5.41) is 22.8. The zero-order valence-corrected chi connectivity index (χ0v) is 8.29. The highest BCUT2D eigenvalue weighted by molar-refractivity contribution is 5.82. The van der Waals surface area contributed by atoms with E-state index in [2.05, 4.69) is 5.43 Å². The SMILES string of the molecule is CN1NC(C)(C(=O)[O-])CC1(C)C(=O)[O-]. The molecular formula is C8H12N2O4-2. The summed E-state index contributed by atoms with van der Waals surface area (Å²) in [4.78, 5) is 21.6. The first-order valence-corrected chi connectivity index (χ1v) is 4.17. The molecule has 1 heterocycles. The van der Waals surface area contributed by atoms with Crippen molar-refractivity contribution >= 4 is 11.9 Å². The Labute approximate surface area is 81.5 Å². The van der Waals surface area contributed by atoms with E-state index in [1.54, 1.807) is 0 Å². The van der Waals surface area contributed by atoms with Crippen molar-refractivity contribution in [2.24, 2.45) is 0 Å². The van der Waals surface area contributed by atoms with Crippen molar-refractivity contribution in [1.29, 1.82) is 0 Å². The number of carbonyl (C=O) groups is 2. The molecule has 2 unspecified atom stereocenters. The first-order valence-electron chi connectivity index (χ1n) is 4.17. The lowest BCUT2D eigenvalue weighted by Crippen LogP contribution is -2.56. The van der Waals surface area contributed by atoms with Crippen LogP contribution in [0.5, 0.6) is 0 Å². The Bertz CT molecular complexity index is 293. The first kappa shape index (κ1) is 10.9. The average molecular weight is 200 g/mol. The summed E-state index contributed by atoms with van der Waals surface area (Å²) in [6, 6.07) is 0. The molecule has 0 spiro atoms. The van der Waals surface area contributed by atoms with Gasteiger partial charge in [0.05, 0.1) is 23.0 Å². The second-order valence-electron chi connectivity index (χ2n) is 4.03. The van der Waals surface area contributed by atoms with Crippen molar-refractivity contribution < 1.29 is 19.8 Å². The summed E-state index contributed by atoms with van der Waals surface area (Å²) < 4.78 is 0. The second kappa shape index (κ2) is 2.93. The van der Waals surface area contributed by atoms with E-state index in [9.17, 15) is 19.8 Å². The van der Waals surface area contributed by atoms with Gasteiger partial charge in [-0.15, -0.1) is 0 Å². The largest absolute Gasteiger partial charge is 0.548 e. The molecule has 14 heavy (non-hydrogen) atoms. The summed E-state index contributed by atoms with van der Waals surface area (Å²) in [6.07, 6.45) is -0.0961. The molecule has 0 aromatic carbocycles. The summed E-state index contributed by atoms with van der Waals surface area (Å²) in [5.74, 6) is -2.63. The van der Waals surface area contributed by atoms with Crippen LogP contribution < -0.4 is 15.6 Å². The fraction of sp³-hybridized carbons (Fsp3) is 0.750. The van der Waals surface area contributed by atoms with Crippen molar-refractivity contribution in [2.75, 3.05) is 7.05 Å². The van der Waals surface area contributed by atoms with Gasteiger partial charge in [0.1, 0.15) is 0 Å². The standard InChI is InChI=1S/C8H14N2O4/c1-7(5(11)12)4-8(2,6(13)14)10(3)9-7/h9H,4H2,1-3H3,(H,11,12)(H,13,14)/p-2. The molecule has 0 aliphatic carbocycles. The lowest BCUT2D eigenvalue weighted by atomic mass is 9.88. The van der Waals surface area contributed by atoms with Crippen LogP contribution in [0.1, 0.15) is 20.3 Å². The number of nitrogens with one attached hydrogen (secondary N) is 1. The molecule has 1 aliphatic heterocycles. The van der Waals surface area contributed by atoms with Crippen molar-refractivity contribution in [1.82, 2.24) is 10.4 Å². The number of likely N-dealkylation sites (N-methyl/N-ethyl adjacent to an activating group) is 1. The Morgan fingerprint density at radius 1 is 1.29 bits per heavy atom. The second-order valence-corrected chi connectivity index (χ2v) is 4.03. The Balaban J connectivity index is 2.99. The molecule has 0 bridgehead atoms. The van der Waals surface area contributed by atoms with Crippen LogP contribution in [0.25, 0.3) is 0 Å². The Morgan fingerprint density at radius 2 is 1.79 bits per heavy atom. The van der Waals surface area contributed by atoms with Gasteiger partial charge in [-0.3, -0.25) is 0 Å². The van der Waals surface area contributed by atoms with Gasteiger partial charge < -0.3 is 19.8 Å². The quantitative estimate of drug-likeness (QED) is 0.505. The molecule has 0 saturated carbocycles. The lowest BCUT2D eigenvalue weighted by molar-refractivity contribution is -0.317. The van der Waals surface area contributed by atoms with Crippen molar-refractivity contribution in [3.63, 3.8) is 0 Å². The van der Waals surface area contributed by atoms with Crippen molar-refractivity contribution in [3.8, 4) is 0 Å². The molecule has 2 atom stereocenters. The van der Waals surface area contributed by atoms with Gasteiger partial charge in [0, 0.05) is 7.05 Å². The minimum Gasteiger partial charge on any atom is -0.548 e. The zero-order chi connectivity index (χ0) is 11.1. The van der Waals surface area contributed by atoms with Crippen LogP contribution in [0, 0.1) is 0 Å². The highest BCUT2D eigenvalue weighted by Gasteiger charge is 2.48. The first-order chi connectivity index (χ1) is 6.22. The highest BCUT2D eigenvalue weighted by Crippen LogP contribution is 2.31. The topological polar surface area (TPSA) is 95.5 Å². The number of aliphatic carboxylic acids is 2. The van der Waals surface area contributed by atoms with Crippen molar-refractivity contribution in [3.05, 3.63) is 0 Å². The molecule has 80 valence electrons. The number of rotatable bonds is 2. The van der Waals surface area contributed by atoms with E-state index in [4.69, 9.17) is 0 Å². The molecular weight excluding hydrogens is 188 g/mol. The summed E-state index contributed by atoms with van der Waals surface area (Å²) >= 11 is 0. The number of carboxylic acid groups (broad SMARTS) is 2. The third-order valence-corrected chi connectivity index (χ3v) is 2.74. The van der Waals surface area contributed by atoms with Crippen LogP contribution in [0.15, 0.2) is 0 Å². The van der Waals surface area contributed by atoms with Gasteiger partial charge >= 0.3 is 0 Å². The van der Waals surface area contributed by atoms with Crippen molar-refractivity contribution in [2.45, 2.75) is 31.3 Å². The Hall–Kier alpha value is -1.14. The number of hydrazine groups is 1. The average Bonchev–Trinajstić information content (AvgIpc) is 2.25. The molecule has 1 fully saturated rings. The number of hydrogen-bond acceptors (Lipinski definition) is 6. The maximum atomic E-state index is 10.8. The summed E-state index contributed by atoms with van der Waals surface area (Å²) in [6.45, 7) is 2.79. The summed E-state index contributed by atoms with van der Waals surface area (Å²) in [5.41, 5.74) is -0.130. The molecule has 6 nitrogen and oxygen atoms in total. The monoisotopic (exact) mass is 200 g/mol. The highest BCUT2D eigenvalue weighted by atomic mass is 16.4. The molecule has 6 heteroatoms. The van der Waals surface area contributed by atoms with E-state index in [1.165, 1.54) is 25.9 Å². The van der Waals surface area contributed by atoms with Gasteiger partial charge in [-0.05, 0) is 20.3 Å². The van der Waals surface area contributed by atoms with E-state index in [-0.39, 0.29) is 6.42 Å². The van der Waals surface area contributed by atoms with Gasteiger partial charge in [0.15, 0.2) is 0 Å². The number of carboxylic acids is 2. The van der Waals surface area contributed by atoms with Crippen LogP contribution in [0.4, 0.5) is 0 Å². The number of hydrogen-bond donors (Lipinski definition) is 1. The van der Waals surface area contributed by atoms with Crippen LogP contribution in [-0.2, 0) is 9.59 Å². The van der Waals surface area contributed by atoms with E-state index in [1.807, 2.05) is 0 Å². The van der Waals surface area contributed by atoms with Gasteiger partial charge in [-0.2, -0.15) is 0 Å². The molecule has 0 aromatic rings. The molecule has 1 N–H and O–H groups in total. The molecule has 0 aromatic heterocycles. The number of nitrogens with zero attached hydrogens (tertiary/aromatic N) is 1. The minimum atomic E-state index is -1.36. The van der Waals surface area contributed by atoms with E-state index in [0.29, 0.717) is 0 Å². The predicted molar refractivity (Wildman–Crippen MR) is 42.3 cm³/mol. The fourth-order valence-corrected chi connectivity index (χ4v) is 1.67. The zero-order valence-electron chi connectivity index (χ0n) is 8.29. The molecule has 1 aliphatic rings. The molecule has 0 radical (unpaired) electrons. The van der Waals surface area contributed by atoms with Gasteiger partial charge in [0.25, 0.3) is 0 Å². The third kappa shape index (κ3) is 1.36. The third-order valence-electron chi connectivity index (χ3n) is 2.74. The van der Waals surface area contributed by atoms with E-state index >= 15 is 0 Å². The number of carbonyl (C=O) groups excluding carboxylic acids is 2. The maximum absolute atomic E-state index is 10.8. The van der Waals surface area contributed by atoms with E-state index < -0.39 is 23.0 Å². The smallest absolute Gasteiger partial charge is 0.0737 e. The molecule has 1 saturated heterocycles. The normalized spacial score (nSPS) is 38.5. The van der Waals surface area contributed by atoms with Crippen LogP contribution in [0.2, 0.25) is 0 Å². The predicted octanol–water partition coefficient (Wildman–Crippen LogP) is -3.16. The van der Waals surface area contributed by atoms with Crippen LogP contribution in [0.3, 0.4) is 0 Å². The van der Waals surface area contributed by atoms with Crippen LogP contribution in [-0.4, -0.2) is 35.1 Å². The van der Waals surface area contributed by atoms with Crippen LogP contribution >= 0.6 is 0 Å². The van der Waals surface area contributed by atoms with Gasteiger partial charge in [-0.1, -0.05) is 0 Å². The minimum absolute atomic E-state index is 0.0961. The Morgan fingerprint density at radius 3 is 2.00 bits per heavy atom. The van der Waals surface area contributed by atoms with E-state index in [0.717, 1.165) is 0 Å².